The first-order chi connectivity index (χ1) is 10.5. The van der Waals surface area contributed by atoms with Crippen molar-refractivity contribution in [2.75, 3.05) is 6.54 Å². The number of nitrogens with two attached hydrogens (primary N) is 1. The third-order valence-electron chi connectivity index (χ3n) is 6.76. The molecule has 0 spiro atoms. The normalized spacial score (nSPS) is 19.7. The summed E-state index contributed by atoms with van der Waals surface area (Å²) < 4.78 is 0. The van der Waals surface area contributed by atoms with Crippen LogP contribution in [0.15, 0.2) is 0 Å². The second kappa shape index (κ2) is 7.55. The number of amides is 1. The van der Waals surface area contributed by atoms with Crippen LogP contribution in [0.1, 0.15) is 93.4 Å². The second-order valence-corrected chi connectivity index (χ2v) is 9.16. The van der Waals surface area contributed by atoms with Crippen molar-refractivity contribution in [3.63, 3.8) is 0 Å². The molecular weight excluding hydrogens is 284 g/mol. The van der Waals surface area contributed by atoms with Crippen molar-refractivity contribution < 1.29 is 4.79 Å². The van der Waals surface area contributed by atoms with Gasteiger partial charge in [0.25, 0.3) is 0 Å². The highest BCUT2D eigenvalue weighted by Gasteiger charge is 2.46. The van der Waals surface area contributed by atoms with Crippen molar-refractivity contribution in [3.8, 4) is 0 Å². The van der Waals surface area contributed by atoms with Gasteiger partial charge in [0.15, 0.2) is 0 Å². The molecule has 136 valence electrons. The van der Waals surface area contributed by atoms with Crippen molar-refractivity contribution >= 4 is 5.91 Å². The van der Waals surface area contributed by atoms with Crippen LogP contribution in [-0.4, -0.2) is 28.9 Å². The Morgan fingerprint density at radius 1 is 1.04 bits per heavy atom. The zero-order valence-electron chi connectivity index (χ0n) is 16.7. The fraction of sp³-hybridized carbons (Fsp3) is 0.950. The Kier molecular flexibility index (Phi) is 6.72. The van der Waals surface area contributed by atoms with Crippen molar-refractivity contribution in [1.29, 1.82) is 0 Å². The molecule has 1 heterocycles. The monoisotopic (exact) mass is 324 g/mol. The molecule has 0 aromatic heterocycles. The van der Waals surface area contributed by atoms with E-state index >= 15 is 0 Å². The summed E-state index contributed by atoms with van der Waals surface area (Å²) in [7, 11) is 0. The van der Waals surface area contributed by atoms with Crippen LogP contribution < -0.4 is 5.73 Å². The SMILES string of the molecule is CCC(N)(CC)CC(N1CCCCCC1=O)C(C)(C)C(C)(C)C. The first-order valence-electron chi connectivity index (χ1n) is 9.57. The highest BCUT2D eigenvalue weighted by molar-refractivity contribution is 5.76. The molecule has 1 aliphatic rings. The fourth-order valence-corrected chi connectivity index (χ4v) is 3.51. The highest BCUT2D eigenvalue weighted by atomic mass is 16.2. The lowest BCUT2D eigenvalue weighted by molar-refractivity contribution is -0.139. The van der Waals surface area contributed by atoms with Gasteiger partial charge in [-0.1, -0.05) is 54.9 Å². The number of nitrogens with zero attached hydrogens (tertiary/aromatic N) is 1. The lowest BCUT2D eigenvalue weighted by atomic mass is 9.61. The van der Waals surface area contributed by atoms with E-state index in [2.05, 4.69) is 53.4 Å². The fourth-order valence-electron chi connectivity index (χ4n) is 3.51. The molecule has 0 bridgehead atoms. The topological polar surface area (TPSA) is 46.3 Å². The maximum absolute atomic E-state index is 12.8. The molecule has 0 radical (unpaired) electrons. The minimum absolute atomic E-state index is 0.0158. The molecule has 0 aromatic rings. The summed E-state index contributed by atoms with van der Waals surface area (Å²) in [5, 5.41) is 0. The average Bonchev–Trinajstić information content (AvgIpc) is 2.68. The van der Waals surface area contributed by atoms with Crippen LogP contribution in [0.4, 0.5) is 0 Å². The van der Waals surface area contributed by atoms with Gasteiger partial charge in [-0.2, -0.15) is 0 Å². The Balaban J connectivity index is 3.22. The summed E-state index contributed by atoms with van der Waals surface area (Å²) >= 11 is 0. The molecule has 1 aliphatic heterocycles. The number of carbonyl (C=O) groups is 1. The van der Waals surface area contributed by atoms with E-state index in [9.17, 15) is 4.79 Å². The van der Waals surface area contributed by atoms with Gasteiger partial charge >= 0.3 is 0 Å². The number of carbonyl (C=O) groups excluding carboxylic acids is 1. The Labute approximate surface area is 144 Å². The lowest BCUT2D eigenvalue weighted by Crippen LogP contribution is -2.57. The van der Waals surface area contributed by atoms with Gasteiger partial charge in [0.05, 0.1) is 0 Å². The number of rotatable bonds is 6. The predicted octanol–water partition coefficient (Wildman–Crippen LogP) is 4.74. The molecule has 1 atom stereocenters. The van der Waals surface area contributed by atoms with E-state index in [4.69, 9.17) is 5.73 Å². The molecule has 0 saturated carbocycles. The van der Waals surface area contributed by atoms with Crippen LogP contribution >= 0.6 is 0 Å². The largest absolute Gasteiger partial charge is 0.339 e. The van der Waals surface area contributed by atoms with Crippen molar-refractivity contribution in [2.45, 2.75) is 105 Å². The van der Waals surface area contributed by atoms with Crippen LogP contribution in [-0.2, 0) is 4.79 Å². The van der Waals surface area contributed by atoms with E-state index in [0.29, 0.717) is 12.3 Å². The second-order valence-electron chi connectivity index (χ2n) is 9.16. The van der Waals surface area contributed by atoms with Crippen LogP contribution in [0, 0.1) is 10.8 Å². The first kappa shape index (κ1) is 20.5. The molecule has 1 unspecified atom stereocenters. The van der Waals surface area contributed by atoms with Crippen LogP contribution in [0.25, 0.3) is 0 Å². The quantitative estimate of drug-likeness (QED) is 0.767. The van der Waals surface area contributed by atoms with Gasteiger partial charge in [0.2, 0.25) is 5.91 Å². The number of likely N-dealkylation sites (tertiary alicyclic amines) is 1. The average molecular weight is 325 g/mol. The zero-order valence-corrected chi connectivity index (χ0v) is 16.7. The summed E-state index contributed by atoms with van der Waals surface area (Å²) in [5.41, 5.74) is 6.64. The smallest absolute Gasteiger partial charge is 0.222 e. The van der Waals surface area contributed by atoms with Gasteiger partial charge in [-0.05, 0) is 42.9 Å². The van der Waals surface area contributed by atoms with Gasteiger partial charge in [0.1, 0.15) is 0 Å². The summed E-state index contributed by atoms with van der Waals surface area (Å²) in [6, 6.07) is 0.206. The Hall–Kier alpha value is -0.570. The Bertz CT molecular complexity index is 391. The molecule has 1 fully saturated rings. The van der Waals surface area contributed by atoms with Crippen molar-refractivity contribution in [2.24, 2.45) is 16.6 Å². The molecular formula is C20H40N2O. The Morgan fingerprint density at radius 2 is 1.61 bits per heavy atom. The van der Waals surface area contributed by atoms with Crippen molar-refractivity contribution in [3.05, 3.63) is 0 Å². The van der Waals surface area contributed by atoms with E-state index < -0.39 is 0 Å². The maximum Gasteiger partial charge on any atom is 0.222 e. The minimum atomic E-state index is -0.181. The summed E-state index contributed by atoms with van der Waals surface area (Å²) in [5.74, 6) is 0.333. The third-order valence-corrected chi connectivity index (χ3v) is 6.76. The summed E-state index contributed by atoms with van der Waals surface area (Å²) in [6.45, 7) is 16.8. The van der Waals surface area contributed by atoms with E-state index in [1.165, 1.54) is 6.42 Å². The molecule has 3 heteroatoms. The predicted molar refractivity (Wildman–Crippen MR) is 99.3 cm³/mol. The van der Waals surface area contributed by atoms with Gasteiger partial charge in [-0.15, -0.1) is 0 Å². The van der Waals surface area contributed by atoms with E-state index in [1.807, 2.05) is 0 Å². The molecule has 23 heavy (non-hydrogen) atoms. The van der Waals surface area contributed by atoms with E-state index in [1.54, 1.807) is 0 Å². The summed E-state index contributed by atoms with van der Waals surface area (Å²) in [6.07, 6.45) is 6.85. The van der Waals surface area contributed by atoms with Crippen molar-refractivity contribution in [1.82, 2.24) is 4.90 Å². The van der Waals surface area contributed by atoms with Gasteiger partial charge in [-0.25, -0.2) is 0 Å². The lowest BCUT2D eigenvalue weighted by Gasteiger charge is -2.52. The van der Waals surface area contributed by atoms with Gasteiger partial charge in [-0.3, -0.25) is 4.79 Å². The van der Waals surface area contributed by atoms with E-state index in [0.717, 1.165) is 38.6 Å². The molecule has 1 amide bonds. The zero-order chi connectivity index (χ0) is 17.9. The highest BCUT2D eigenvalue weighted by Crippen LogP contribution is 2.46. The molecule has 1 saturated heterocycles. The minimum Gasteiger partial charge on any atom is -0.339 e. The molecule has 0 aliphatic carbocycles. The number of hydrogen-bond donors (Lipinski definition) is 1. The maximum atomic E-state index is 12.8. The standard InChI is InChI=1S/C20H40N2O/c1-8-20(21,9-2)15-16(19(6,7)18(3,4)5)22-14-12-10-11-13-17(22)23/h16H,8-15,21H2,1-7H3. The van der Waals surface area contributed by atoms with Crippen LogP contribution in [0.3, 0.4) is 0 Å². The molecule has 2 N–H and O–H groups in total. The first-order valence-corrected chi connectivity index (χ1v) is 9.57. The summed E-state index contributed by atoms with van der Waals surface area (Å²) in [4.78, 5) is 15.0. The van der Waals surface area contributed by atoms with Crippen LogP contribution in [0.5, 0.6) is 0 Å². The van der Waals surface area contributed by atoms with Gasteiger partial charge in [0, 0.05) is 24.5 Å². The van der Waals surface area contributed by atoms with E-state index in [-0.39, 0.29) is 22.4 Å². The molecule has 1 rings (SSSR count). The van der Waals surface area contributed by atoms with Gasteiger partial charge < -0.3 is 10.6 Å². The Morgan fingerprint density at radius 3 is 2.09 bits per heavy atom. The third kappa shape index (κ3) is 4.71. The molecule has 3 nitrogen and oxygen atoms in total. The van der Waals surface area contributed by atoms with Crippen LogP contribution in [0.2, 0.25) is 0 Å². The molecule has 0 aromatic carbocycles. The number of hydrogen-bond acceptors (Lipinski definition) is 2.